The van der Waals surface area contributed by atoms with Crippen molar-refractivity contribution in [1.82, 2.24) is 5.43 Å². The summed E-state index contributed by atoms with van der Waals surface area (Å²) in [5, 5.41) is 4.40. The van der Waals surface area contributed by atoms with Crippen LogP contribution in [0.25, 0.3) is 0 Å². The van der Waals surface area contributed by atoms with Crippen molar-refractivity contribution >= 4 is 23.4 Å². The number of ether oxygens (including phenoxy) is 2. The number of rotatable bonds is 6. The number of aryl methyl sites for hydroxylation is 2. The lowest BCUT2D eigenvalue weighted by Crippen LogP contribution is -2.23. The number of hydrogen-bond donors (Lipinski definition) is 1. The summed E-state index contributed by atoms with van der Waals surface area (Å²) in [6.45, 7) is 2.04. The number of carbonyl (C=O) groups excluding carboxylic acids is 1. The minimum atomic E-state index is -0.108. The Bertz CT molecular complexity index is 865. The normalized spacial score (nSPS) is 14.6. The van der Waals surface area contributed by atoms with Crippen molar-refractivity contribution in [3.63, 3.8) is 0 Å². The van der Waals surface area contributed by atoms with Crippen LogP contribution in [0.2, 0.25) is 0 Å². The molecular weight excluding hydrogens is 360 g/mol. The van der Waals surface area contributed by atoms with Crippen LogP contribution in [0.4, 0.5) is 0 Å². The molecule has 2 aromatic carbocycles. The summed E-state index contributed by atoms with van der Waals surface area (Å²) in [6, 6.07) is 12.0. The molecule has 0 heterocycles. The van der Waals surface area contributed by atoms with Crippen molar-refractivity contribution < 1.29 is 14.3 Å². The van der Waals surface area contributed by atoms with Crippen LogP contribution in [-0.4, -0.2) is 31.6 Å². The predicted octanol–water partition coefficient (Wildman–Crippen LogP) is 3.96. The maximum Gasteiger partial charge on any atom is 0.250 e. The molecule has 0 atom stereocenters. The summed E-state index contributed by atoms with van der Waals surface area (Å²) in [5.41, 5.74) is 6.94. The molecule has 0 saturated carbocycles. The monoisotopic (exact) mass is 384 g/mol. The van der Waals surface area contributed by atoms with E-state index < -0.39 is 0 Å². The number of amides is 1. The number of carbonyl (C=O) groups is 1. The standard InChI is InChI=1S/C21H24N2O3S/c1-14-7-4-5-10-20(14)27-13-21(24)23-22-17-9-6-8-15-11-18(25-2)19(26-3)12-16(15)17/h4-5,7,10-12H,6,8-9,13H2,1-3H3,(H,23,24). The SMILES string of the molecule is COc1cc2c(cc1OC)C(=NNC(=O)CSc1ccccc1C)CCC2. The van der Waals surface area contributed by atoms with Crippen LogP contribution in [-0.2, 0) is 11.2 Å². The molecule has 5 nitrogen and oxygen atoms in total. The number of nitrogens with one attached hydrogen (secondary N) is 1. The van der Waals surface area contributed by atoms with Gasteiger partial charge in [-0.2, -0.15) is 5.10 Å². The molecule has 0 unspecified atom stereocenters. The van der Waals surface area contributed by atoms with Crippen LogP contribution in [0, 0.1) is 6.92 Å². The van der Waals surface area contributed by atoms with Gasteiger partial charge in [0.15, 0.2) is 11.5 Å². The van der Waals surface area contributed by atoms with E-state index in [0.29, 0.717) is 11.5 Å². The summed E-state index contributed by atoms with van der Waals surface area (Å²) in [7, 11) is 3.25. The Balaban J connectivity index is 1.69. The fourth-order valence-corrected chi connectivity index (χ4v) is 3.94. The lowest BCUT2D eigenvalue weighted by molar-refractivity contribution is -0.118. The highest BCUT2D eigenvalue weighted by atomic mass is 32.2. The molecule has 1 N–H and O–H groups in total. The zero-order valence-corrected chi connectivity index (χ0v) is 16.7. The van der Waals surface area contributed by atoms with Gasteiger partial charge in [0.05, 0.1) is 25.7 Å². The molecule has 1 aliphatic rings. The van der Waals surface area contributed by atoms with Gasteiger partial charge in [-0.15, -0.1) is 11.8 Å². The van der Waals surface area contributed by atoms with Crippen molar-refractivity contribution in [3.8, 4) is 11.5 Å². The average Bonchev–Trinajstić information content (AvgIpc) is 2.70. The highest BCUT2D eigenvalue weighted by molar-refractivity contribution is 8.00. The number of benzene rings is 2. The Kier molecular flexibility index (Phi) is 6.40. The molecule has 0 aliphatic heterocycles. The first-order valence-electron chi connectivity index (χ1n) is 8.91. The molecule has 0 radical (unpaired) electrons. The molecule has 0 bridgehead atoms. The fraction of sp³-hybridized carbons (Fsp3) is 0.333. The highest BCUT2D eigenvalue weighted by Crippen LogP contribution is 2.34. The van der Waals surface area contributed by atoms with Crippen molar-refractivity contribution in [2.45, 2.75) is 31.1 Å². The van der Waals surface area contributed by atoms with E-state index in [0.717, 1.165) is 41.2 Å². The van der Waals surface area contributed by atoms with Gasteiger partial charge in [0.25, 0.3) is 0 Å². The van der Waals surface area contributed by atoms with Crippen molar-refractivity contribution in [2.75, 3.05) is 20.0 Å². The van der Waals surface area contributed by atoms with E-state index in [1.165, 1.54) is 22.9 Å². The van der Waals surface area contributed by atoms with Crippen LogP contribution in [0.5, 0.6) is 11.5 Å². The molecule has 3 rings (SSSR count). The smallest absolute Gasteiger partial charge is 0.250 e. The number of methoxy groups -OCH3 is 2. The highest BCUT2D eigenvalue weighted by Gasteiger charge is 2.19. The van der Waals surface area contributed by atoms with Crippen molar-refractivity contribution in [3.05, 3.63) is 53.1 Å². The second-order valence-electron chi connectivity index (χ2n) is 6.37. The Labute approximate surface area is 164 Å². The topological polar surface area (TPSA) is 59.9 Å². The molecular formula is C21H24N2O3S. The van der Waals surface area contributed by atoms with Gasteiger partial charge in [0.2, 0.25) is 5.91 Å². The number of nitrogens with zero attached hydrogens (tertiary/aromatic N) is 1. The van der Waals surface area contributed by atoms with Gasteiger partial charge in [-0.3, -0.25) is 4.79 Å². The second-order valence-corrected chi connectivity index (χ2v) is 7.38. The number of hydrazone groups is 1. The summed E-state index contributed by atoms with van der Waals surface area (Å²) < 4.78 is 10.8. The average molecular weight is 385 g/mol. The molecule has 2 aromatic rings. The molecule has 27 heavy (non-hydrogen) atoms. The summed E-state index contributed by atoms with van der Waals surface area (Å²) in [6.07, 6.45) is 2.79. The Hall–Kier alpha value is -2.47. The third-order valence-corrected chi connectivity index (χ3v) is 5.72. The predicted molar refractivity (Wildman–Crippen MR) is 109 cm³/mol. The Morgan fingerprint density at radius 1 is 1.15 bits per heavy atom. The fourth-order valence-electron chi connectivity index (χ4n) is 3.12. The minimum absolute atomic E-state index is 0.108. The largest absolute Gasteiger partial charge is 0.493 e. The molecule has 1 aliphatic carbocycles. The molecule has 0 saturated heterocycles. The quantitative estimate of drug-likeness (QED) is 0.605. The van der Waals surface area contributed by atoms with Gasteiger partial charge in [-0.25, -0.2) is 5.43 Å². The third kappa shape index (κ3) is 4.63. The van der Waals surface area contributed by atoms with Crippen LogP contribution in [0.3, 0.4) is 0 Å². The molecule has 142 valence electrons. The first-order chi connectivity index (χ1) is 13.1. The van der Waals surface area contributed by atoms with Gasteiger partial charge < -0.3 is 9.47 Å². The van der Waals surface area contributed by atoms with E-state index >= 15 is 0 Å². The van der Waals surface area contributed by atoms with Gasteiger partial charge in [-0.1, -0.05) is 18.2 Å². The van der Waals surface area contributed by atoms with E-state index in [4.69, 9.17) is 9.47 Å². The maximum absolute atomic E-state index is 12.2. The third-order valence-electron chi connectivity index (χ3n) is 4.55. The van der Waals surface area contributed by atoms with Gasteiger partial charge in [-0.05, 0) is 55.5 Å². The minimum Gasteiger partial charge on any atom is -0.493 e. The van der Waals surface area contributed by atoms with E-state index in [2.05, 4.69) is 10.5 Å². The molecule has 6 heteroatoms. The Morgan fingerprint density at radius 3 is 2.63 bits per heavy atom. The van der Waals surface area contributed by atoms with E-state index in [-0.39, 0.29) is 5.91 Å². The van der Waals surface area contributed by atoms with Crippen molar-refractivity contribution in [1.29, 1.82) is 0 Å². The number of hydrogen-bond acceptors (Lipinski definition) is 5. The van der Waals surface area contributed by atoms with Gasteiger partial charge in [0.1, 0.15) is 0 Å². The van der Waals surface area contributed by atoms with Crippen molar-refractivity contribution in [2.24, 2.45) is 5.10 Å². The first-order valence-corrected chi connectivity index (χ1v) is 9.90. The molecule has 1 amide bonds. The molecule has 0 aromatic heterocycles. The van der Waals surface area contributed by atoms with Crippen LogP contribution in [0.1, 0.15) is 29.5 Å². The summed E-state index contributed by atoms with van der Waals surface area (Å²) >= 11 is 1.52. The zero-order valence-electron chi connectivity index (χ0n) is 15.9. The van der Waals surface area contributed by atoms with Gasteiger partial charge >= 0.3 is 0 Å². The first kappa shape index (κ1) is 19.3. The summed E-state index contributed by atoms with van der Waals surface area (Å²) in [4.78, 5) is 13.3. The molecule has 0 fully saturated rings. The van der Waals surface area contributed by atoms with E-state index in [9.17, 15) is 4.79 Å². The number of thioether (sulfide) groups is 1. The maximum atomic E-state index is 12.2. The van der Waals surface area contributed by atoms with Gasteiger partial charge in [0, 0.05) is 10.5 Å². The van der Waals surface area contributed by atoms with E-state index in [1.807, 2.05) is 43.3 Å². The summed E-state index contributed by atoms with van der Waals surface area (Å²) in [5.74, 6) is 1.62. The van der Waals surface area contributed by atoms with Crippen LogP contribution < -0.4 is 14.9 Å². The van der Waals surface area contributed by atoms with Crippen LogP contribution in [0.15, 0.2) is 46.4 Å². The zero-order chi connectivity index (χ0) is 19.2. The van der Waals surface area contributed by atoms with Crippen LogP contribution >= 0.6 is 11.8 Å². The van der Waals surface area contributed by atoms with E-state index in [1.54, 1.807) is 14.2 Å². The lowest BCUT2D eigenvalue weighted by Gasteiger charge is -2.20. The molecule has 0 spiro atoms. The number of fused-ring (bicyclic) bond motifs is 1. The lowest BCUT2D eigenvalue weighted by atomic mass is 9.89. The second kappa shape index (κ2) is 8.95. The Morgan fingerprint density at radius 2 is 1.89 bits per heavy atom.